The second kappa shape index (κ2) is 7.50. The third-order valence-corrected chi connectivity index (χ3v) is 6.22. The van der Waals surface area contributed by atoms with E-state index in [9.17, 15) is 5.11 Å². The largest absolute Gasteiger partial charge is 0.489 e. The highest BCUT2D eigenvalue weighted by Crippen LogP contribution is 2.55. The first-order valence-corrected chi connectivity index (χ1v) is 11.0. The van der Waals surface area contributed by atoms with Crippen molar-refractivity contribution in [3.05, 3.63) is 70.5 Å². The summed E-state index contributed by atoms with van der Waals surface area (Å²) in [7, 11) is 0. The van der Waals surface area contributed by atoms with Crippen molar-refractivity contribution in [2.75, 3.05) is 13.2 Å². The number of hydrogen-bond acceptors (Lipinski definition) is 7. The number of aliphatic imine (C=N–C) groups is 1. The molecule has 1 unspecified atom stereocenters. The average Bonchev–Trinajstić information content (AvgIpc) is 3.15. The minimum Gasteiger partial charge on any atom is -0.489 e. The lowest BCUT2D eigenvalue weighted by Crippen LogP contribution is -2.32. The SMILES string of the molecule is CC(C)(O)COc1ccc2c(c1Br)C1(COC(N)=N1)c1cc(-c3cccnc3)ccc1O2. The molecule has 7 nitrogen and oxygen atoms in total. The summed E-state index contributed by atoms with van der Waals surface area (Å²) in [6.45, 7) is 3.74. The predicted molar refractivity (Wildman–Crippen MR) is 124 cm³/mol. The molecule has 2 aliphatic heterocycles. The highest BCUT2D eigenvalue weighted by atomic mass is 79.9. The Morgan fingerprint density at radius 2 is 2.00 bits per heavy atom. The molecule has 5 rings (SSSR count). The van der Waals surface area contributed by atoms with Crippen molar-refractivity contribution in [1.29, 1.82) is 0 Å². The number of aliphatic hydroxyl groups is 1. The van der Waals surface area contributed by atoms with Gasteiger partial charge in [0.05, 0.1) is 10.1 Å². The molecule has 0 fully saturated rings. The molecule has 0 saturated carbocycles. The molecule has 8 heteroatoms. The molecular formula is C24H22BrN3O4. The number of amidine groups is 1. The number of fused-ring (bicyclic) bond motifs is 4. The lowest BCUT2D eigenvalue weighted by molar-refractivity contribution is 0.0281. The van der Waals surface area contributed by atoms with Crippen LogP contribution in [0.1, 0.15) is 25.0 Å². The molecule has 164 valence electrons. The Morgan fingerprint density at radius 1 is 1.19 bits per heavy atom. The molecule has 3 heterocycles. The Hall–Kier alpha value is -3.10. The van der Waals surface area contributed by atoms with Gasteiger partial charge >= 0.3 is 0 Å². The van der Waals surface area contributed by atoms with Crippen LogP contribution in [0.3, 0.4) is 0 Å². The van der Waals surface area contributed by atoms with Crippen molar-refractivity contribution in [3.8, 4) is 28.4 Å². The van der Waals surface area contributed by atoms with E-state index in [0.29, 0.717) is 21.7 Å². The highest BCUT2D eigenvalue weighted by molar-refractivity contribution is 9.10. The van der Waals surface area contributed by atoms with E-state index in [-0.39, 0.29) is 19.2 Å². The van der Waals surface area contributed by atoms with Gasteiger partial charge in [-0.2, -0.15) is 0 Å². The maximum atomic E-state index is 10.1. The number of halogens is 1. The number of benzene rings is 2. The van der Waals surface area contributed by atoms with Gasteiger partial charge in [-0.15, -0.1) is 0 Å². The molecule has 3 aromatic rings. The van der Waals surface area contributed by atoms with E-state index in [0.717, 1.165) is 22.3 Å². The Bertz CT molecular complexity index is 1220. The maximum Gasteiger partial charge on any atom is 0.283 e. The fraction of sp³-hybridized carbons (Fsp3) is 0.250. The van der Waals surface area contributed by atoms with Crippen molar-refractivity contribution in [2.45, 2.75) is 25.0 Å². The number of aromatic nitrogens is 1. The average molecular weight is 496 g/mol. The molecule has 2 aliphatic rings. The Morgan fingerprint density at radius 3 is 2.69 bits per heavy atom. The van der Waals surface area contributed by atoms with Crippen LogP contribution in [0, 0.1) is 0 Å². The van der Waals surface area contributed by atoms with Crippen LogP contribution < -0.4 is 15.2 Å². The standard InChI is InChI=1S/C24H22BrN3O4/c1-23(2,29)12-30-19-8-7-18-20(21(19)25)24(13-31-22(26)28-24)16-10-14(5-6-17(16)32-18)15-4-3-9-27-11-15/h3-11,29H,12-13H2,1-2H3,(H2,26,28). The number of nitrogens with two attached hydrogens (primary N) is 1. The van der Waals surface area contributed by atoms with Crippen LogP contribution in [0.25, 0.3) is 11.1 Å². The summed E-state index contributed by atoms with van der Waals surface area (Å²) >= 11 is 3.69. The number of rotatable bonds is 4. The van der Waals surface area contributed by atoms with Gasteiger partial charge in [-0.1, -0.05) is 12.1 Å². The summed E-state index contributed by atoms with van der Waals surface area (Å²) in [6, 6.07) is 13.6. The zero-order valence-corrected chi connectivity index (χ0v) is 19.2. The summed E-state index contributed by atoms with van der Waals surface area (Å²) in [4.78, 5) is 8.98. The fourth-order valence-corrected chi connectivity index (χ4v) is 4.75. The van der Waals surface area contributed by atoms with Gasteiger partial charge in [0.25, 0.3) is 6.02 Å². The predicted octanol–water partition coefficient (Wildman–Crippen LogP) is 4.36. The summed E-state index contributed by atoms with van der Waals surface area (Å²) in [5, 5.41) is 10.1. The first kappa shape index (κ1) is 20.8. The Kier molecular flexibility index (Phi) is 4.87. The van der Waals surface area contributed by atoms with Crippen LogP contribution in [0.4, 0.5) is 0 Å². The summed E-state index contributed by atoms with van der Waals surface area (Å²) in [5.74, 6) is 1.89. The molecular weight excluding hydrogens is 474 g/mol. The van der Waals surface area contributed by atoms with Gasteiger partial charge in [-0.3, -0.25) is 4.98 Å². The third-order valence-electron chi connectivity index (χ3n) is 5.43. The highest BCUT2D eigenvalue weighted by Gasteiger charge is 2.49. The lowest BCUT2D eigenvalue weighted by Gasteiger charge is -2.35. The van der Waals surface area contributed by atoms with Gasteiger partial charge in [-0.25, -0.2) is 4.99 Å². The van der Waals surface area contributed by atoms with Gasteiger partial charge in [0.2, 0.25) is 0 Å². The molecule has 0 radical (unpaired) electrons. The molecule has 0 amide bonds. The molecule has 1 atom stereocenters. The van der Waals surface area contributed by atoms with Gasteiger partial charge in [-0.05, 0) is 65.7 Å². The molecule has 2 aromatic carbocycles. The first-order chi connectivity index (χ1) is 15.3. The fourth-order valence-electron chi connectivity index (χ4n) is 3.98. The zero-order chi connectivity index (χ0) is 22.5. The van der Waals surface area contributed by atoms with Crippen molar-refractivity contribution < 1.29 is 19.3 Å². The second-order valence-corrected chi connectivity index (χ2v) is 9.30. The van der Waals surface area contributed by atoms with E-state index in [4.69, 9.17) is 24.9 Å². The molecule has 3 N–H and O–H groups in total. The molecule has 0 bridgehead atoms. The van der Waals surface area contributed by atoms with Crippen molar-refractivity contribution in [2.24, 2.45) is 10.7 Å². The third kappa shape index (κ3) is 3.49. The van der Waals surface area contributed by atoms with E-state index >= 15 is 0 Å². The molecule has 1 spiro atoms. The molecule has 32 heavy (non-hydrogen) atoms. The smallest absolute Gasteiger partial charge is 0.283 e. The second-order valence-electron chi connectivity index (χ2n) is 8.51. The Labute approximate surface area is 194 Å². The van der Waals surface area contributed by atoms with Crippen molar-refractivity contribution >= 4 is 22.0 Å². The minimum atomic E-state index is -0.978. The number of ether oxygens (including phenoxy) is 3. The summed E-state index contributed by atoms with van der Waals surface area (Å²) in [6.07, 6.45) is 3.55. The van der Waals surface area contributed by atoms with E-state index in [1.54, 1.807) is 26.1 Å². The van der Waals surface area contributed by atoms with Crippen LogP contribution in [0.15, 0.2) is 64.3 Å². The molecule has 0 aliphatic carbocycles. The van der Waals surface area contributed by atoms with Crippen molar-refractivity contribution in [3.63, 3.8) is 0 Å². The van der Waals surface area contributed by atoms with Gasteiger partial charge in [0, 0.05) is 29.1 Å². The maximum absolute atomic E-state index is 10.1. The van der Waals surface area contributed by atoms with Crippen LogP contribution in [0.2, 0.25) is 0 Å². The topological polar surface area (TPSA) is 99.2 Å². The quantitative estimate of drug-likeness (QED) is 0.557. The molecule has 0 saturated heterocycles. The van der Waals surface area contributed by atoms with Crippen LogP contribution in [0.5, 0.6) is 17.2 Å². The van der Waals surface area contributed by atoms with E-state index in [1.807, 2.05) is 42.6 Å². The number of pyridine rings is 1. The Balaban J connectivity index is 1.67. The monoisotopic (exact) mass is 495 g/mol. The minimum absolute atomic E-state index is 0.116. The van der Waals surface area contributed by atoms with Gasteiger partial charge in [0.15, 0.2) is 5.54 Å². The van der Waals surface area contributed by atoms with E-state index in [2.05, 4.69) is 20.9 Å². The summed E-state index contributed by atoms with van der Waals surface area (Å²) in [5.41, 5.74) is 7.69. The van der Waals surface area contributed by atoms with Gasteiger partial charge in [0.1, 0.15) is 30.5 Å². The van der Waals surface area contributed by atoms with Gasteiger partial charge < -0.3 is 25.1 Å². The van der Waals surface area contributed by atoms with Crippen molar-refractivity contribution in [1.82, 2.24) is 4.98 Å². The van der Waals surface area contributed by atoms with Crippen LogP contribution in [-0.4, -0.2) is 34.9 Å². The van der Waals surface area contributed by atoms with Crippen LogP contribution >= 0.6 is 15.9 Å². The van der Waals surface area contributed by atoms with E-state index < -0.39 is 11.1 Å². The summed E-state index contributed by atoms with van der Waals surface area (Å²) < 4.78 is 18.5. The lowest BCUT2D eigenvalue weighted by atomic mass is 9.80. The van der Waals surface area contributed by atoms with E-state index in [1.165, 1.54) is 0 Å². The van der Waals surface area contributed by atoms with Crippen LogP contribution in [-0.2, 0) is 10.3 Å². The first-order valence-electron chi connectivity index (χ1n) is 10.2. The zero-order valence-electron chi connectivity index (χ0n) is 17.6. The molecule has 1 aromatic heterocycles. The number of nitrogens with zero attached hydrogens (tertiary/aromatic N) is 2. The number of hydrogen-bond donors (Lipinski definition) is 2. The normalized spacial score (nSPS) is 18.9.